The maximum absolute atomic E-state index is 13.0. The minimum absolute atomic E-state index is 0.157. The first-order valence-electron chi connectivity index (χ1n) is 7.30. The van der Waals surface area contributed by atoms with Crippen molar-refractivity contribution in [3.05, 3.63) is 17.0 Å². The summed E-state index contributed by atoms with van der Waals surface area (Å²) in [6, 6.07) is 0. The van der Waals surface area contributed by atoms with E-state index in [4.69, 9.17) is 0 Å². The molecule has 2 aromatic rings. The van der Waals surface area contributed by atoms with Crippen LogP contribution < -0.4 is 4.90 Å². The summed E-state index contributed by atoms with van der Waals surface area (Å²) in [5.74, 6) is 0.228. The zero-order valence-electron chi connectivity index (χ0n) is 12.8. The van der Waals surface area contributed by atoms with Gasteiger partial charge < -0.3 is 4.90 Å². The third-order valence-corrected chi connectivity index (χ3v) is 4.25. The minimum atomic E-state index is -4.57. The largest absolute Gasteiger partial charge is 0.453 e. The molecular formula is C14H18F3N5. The van der Waals surface area contributed by atoms with Crippen LogP contribution in [-0.2, 0) is 6.18 Å². The Morgan fingerprint density at radius 3 is 2.45 bits per heavy atom. The minimum Gasteiger partial charge on any atom is -0.358 e. The Balaban J connectivity index is 2.03. The van der Waals surface area contributed by atoms with Crippen LogP contribution in [0.5, 0.6) is 0 Å². The van der Waals surface area contributed by atoms with Crippen molar-refractivity contribution in [1.29, 1.82) is 0 Å². The van der Waals surface area contributed by atoms with Crippen LogP contribution in [0.25, 0.3) is 5.65 Å². The van der Waals surface area contributed by atoms with Gasteiger partial charge in [0.1, 0.15) is 0 Å². The van der Waals surface area contributed by atoms with Gasteiger partial charge in [-0.2, -0.15) is 17.7 Å². The third kappa shape index (κ3) is 2.62. The van der Waals surface area contributed by atoms with Crippen LogP contribution >= 0.6 is 0 Å². The van der Waals surface area contributed by atoms with Crippen molar-refractivity contribution >= 4 is 11.5 Å². The molecule has 0 N–H and O–H groups in total. The molecule has 1 fully saturated rings. The maximum atomic E-state index is 13.0. The number of anilines is 1. The summed E-state index contributed by atoms with van der Waals surface area (Å²) in [5.41, 5.74) is 1.67. The molecule has 3 rings (SSSR count). The van der Waals surface area contributed by atoms with Gasteiger partial charge >= 0.3 is 6.18 Å². The first-order valence-corrected chi connectivity index (χ1v) is 7.30. The van der Waals surface area contributed by atoms with Crippen molar-refractivity contribution in [2.45, 2.75) is 39.3 Å². The molecule has 120 valence electrons. The van der Waals surface area contributed by atoms with Gasteiger partial charge in [-0.15, -0.1) is 15.3 Å². The summed E-state index contributed by atoms with van der Waals surface area (Å²) in [4.78, 5) is 1.92. The molecule has 0 bridgehead atoms. The lowest BCUT2D eigenvalue weighted by atomic mass is 10.1. The fourth-order valence-electron chi connectivity index (χ4n) is 2.54. The summed E-state index contributed by atoms with van der Waals surface area (Å²) in [6.07, 6.45) is -1.02. The molecule has 2 aromatic heterocycles. The summed E-state index contributed by atoms with van der Waals surface area (Å²) in [7, 11) is 1.86. The third-order valence-electron chi connectivity index (χ3n) is 4.25. The number of alkyl halides is 3. The number of aromatic nitrogens is 4. The Morgan fingerprint density at radius 2 is 1.86 bits per heavy atom. The molecule has 0 aromatic carbocycles. The fraction of sp³-hybridized carbons (Fsp3) is 0.643. The van der Waals surface area contributed by atoms with Gasteiger partial charge in [0.15, 0.2) is 11.5 Å². The Morgan fingerprint density at radius 1 is 1.18 bits per heavy atom. The van der Waals surface area contributed by atoms with E-state index < -0.39 is 12.0 Å². The van der Waals surface area contributed by atoms with Crippen molar-refractivity contribution in [2.75, 3.05) is 18.5 Å². The highest BCUT2D eigenvalue weighted by molar-refractivity contribution is 5.59. The van der Waals surface area contributed by atoms with Crippen LogP contribution in [-0.4, -0.2) is 33.4 Å². The Hall–Kier alpha value is -1.86. The van der Waals surface area contributed by atoms with E-state index in [1.165, 1.54) is 12.8 Å². The summed E-state index contributed by atoms with van der Waals surface area (Å²) < 4.78 is 39.8. The lowest BCUT2D eigenvalue weighted by Crippen LogP contribution is -2.23. The molecule has 0 atom stereocenters. The zero-order valence-corrected chi connectivity index (χ0v) is 12.8. The summed E-state index contributed by atoms with van der Waals surface area (Å²) in [6.45, 7) is 4.39. The van der Waals surface area contributed by atoms with Crippen LogP contribution in [0, 0.1) is 19.8 Å². The van der Waals surface area contributed by atoms with E-state index in [1.807, 2.05) is 18.9 Å². The molecule has 0 saturated heterocycles. The molecule has 0 radical (unpaired) electrons. The molecular weight excluding hydrogens is 295 g/mol. The zero-order chi connectivity index (χ0) is 16.1. The normalized spacial score (nSPS) is 15.5. The van der Waals surface area contributed by atoms with Crippen molar-refractivity contribution in [2.24, 2.45) is 5.92 Å². The first kappa shape index (κ1) is 15.1. The SMILES string of the molecule is Cc1c(N(C)CCC2CC2)nn2c(C(F)(F)F)nnc2c1C. The standard InChI is InChI=1S/C14H18F3N5/c1-8-9(2)12(21(3)7-6-10-4-5-10)20-22-11(8)18-19-13(22)14(15,16)17/h10H,4-7H2,1-3H3. The topological polar surface area (TPSA) is 46.3 Å². The summed E-state index contributed by atoms with van der Waals surface area (Å²) >= 11 is 0. The smallest absolute Gasteiger partial charge is 0.358 e. The van der Waals surface area contributed by atoms with E-state index >= 15 is 0 Å². The number of hydrogen-bond donors (Lipinski definition) is 0. The van der Waals surface area contributed by atoms with Crippen molar-refractivity contribution in [3.63, 3.8) is 0 Å². The number of hydrogen-bond acceptors (Lipinski definition) is 4. The van der Waals surface area contributed by atoms with Crippen LogP contribution in [0.4, 0.5) is 19.0 Å². The van der Waals surface area contributed by atoms with Gasteiger partial charge in [-0.05, 0) is 26.2 Å². The lowest BCUT2D eigenvalue weighted by Gasteiger charge is -2.21. The maximum Gasteiger partial charge on any atom is 0.453 e. The van der Waals surface area contributed by atoms with Gasteiger partial charge in [-0.1, -0.05) is 12.8 Å². The molecule has 5 nitrogen and oxygen atoms in total. The Labute approximate surface area is 126 Å². The van der Waals surface area contributed by atoms with Crippen molar-refractivity contribution in [3.8, 4) is 0 Å². The lowest BCUT2D eigenvalue weighted by molar-refractivity contribution is -0.146. The van der Waals surface area contributed by atoms with E-state index in [0.29, 0.717) is 11.4 Å². The van der Waals surface area contributed by atoms with E-state index in [-0.39, 0.29) is 5.65 Å². The molecule has 1 aliphatic rings. The predicted octanol–water partition coefficient (Wildman–Crippen LogP) is 3.00. The number of halogens is 3. The second-order valence-electron chi connectivity index (χ2n) is 5.98. The first-order chi connectivity index (χ1) is 10.3. The Kier molecular flexibility index (Phi) is 3.49. The van der Waals surface area contributed by atoms with E-state index in [1.54, 1.807) is 6.92 Å². The van der Waals surface area contributed by atoms with Crippen LogP contribution in [0.15, 0.2) is 0 Å². The molecule has 1 saturated carbocycles. The number of nitrogens with zero attached hydrogens (tertiary/aromatic N) is 5. The average Bonchev–Trinajstić information content (AvgIpc) is 3.16. The van der Waals surface area contributed by atoms with Gasteiger partial charge in [-0.25, -0.2) is 0 Å². The highest BCUT2D eigenvalue weighted by Gasteiger charge is 2.38. The van der Waals surface area contributed by atoms with E-state index in [9.17, 15) is 13.2 Å². The molecule has 0 aliphatic heterocycles. The van der Waals surface area contributed by atoms with Gasteiger partial charge in [0.05, 0.1) is 0 Å². The van der Waals surface area contributed by atoms with Gasteiger partial charge in [0.2, 0.25) is 0 Å². The highest BCUT2D eigenvalue weighted by Crippen LogP contribution is 2.33. The Bertz CT molecular complexity index is 703. The predicted molar refractivity (Wildman–Crippen MR) is 75.9 cm³/mol. The molecule has 22 heavy (non-hydrogen) atoms. The number of fused-ring (bicyclic) bond motifs is 1. The van der Waals surface area contributed by atoms with Gasteiger partial charge in [0.25, 0.3) is 5.82 Å². The molecule has 2 heterocycles. The fourth-order valence-corrected chi connectivity index (χ4v) is 2.54. The molecule has 8 heteroatoms. The quantitative estimate of drug-likeness (QED) is 0.870. The number of rotatable bonds is 4. The van der Waals surface area contributed by atoms with Crippen LogP contribution in [0.1, 0.15) is 36.2 Å². The highest BCUT2D eigenvalue weighted by atomic mass is 19.4. The van der Waals surface area contributed by atoms with Gasteiger partial charge in [-0.3, -0.25) is 0 Å². The average molecular weight is 313 g/mol. The van der Waals surface area contributed by atoms with Crippen LogP contribution in [0.2, 0.25) is 0 Å². The van der Waals surface area contributed by atoms with E-state index in [2.05, 4.69) is 15.3 Å². The molecule has 0 amide bonds. The number of aryl methyl sites for hydroxylation is 1. The van der Waals surface area contributed by atoms with Crippen LogP contribution in [0.3, 0.4) is 0 Å². The van der Waals surface area contributed by atoms with Crippen molar-refractivity contribution in [1.82, 2.24) is 19.8 Å². The van der Waals surface area contributed by atoms with Gasteiger partial charge in [0, 0.05) is 24.7 Å². The van der Waals surface area contributed by atoms with Crippen molar-refractivity contribution < 1.29 is 13.2 Å². The molecule has 1 aliphatic carbocycles. The summed E-state index contributed by atoms with van der Waals surface area (Å²) in [5, 5.41) is 11.1. The monoisotopic (exact) mass is 313 g/mol. The molecule has 0 unspecified atom stereocenters. The van der Waals surface area contributed by atoms with E-state index in [0.717, 1.165) is 29.0 Å². The second-order valence-corrected chi connectivity index (χ2v) is 5.98. The second kappa shape index (κ2) is 5.10. The molecule has 0 spiro atoms.